The number of rotatable bonds is 10. The third-order valence-electron chi connectivity index (χ3n) is 6.38. The fourth-order valence-electron chi connectivity index (χ4n) is 4.34. The van der Waals surface area contributed by atoms with E-state index in [4.69, 9.17) is 27.9 Å². The Morgan fingerprint density at radius 2 is 1.62 bits per heavy atom. The van der Waals surface area contributed by atoms with Crippen molar-refractivity contribution >= 4 is 52.7 Å². The summed E-state index contributed by atoms with van der Waals surface area (Å²) >= 11 is 12.3. The lowest BCUT2D eigenvalue weighted by Crippen LogP contribution is -2.42. The zero-order valence-electron chi connectivity index (χ0n) is 23.8. The average Bonchev–Trinajstić information content (AvgIpc) is 2.90. The van der Waals surface area contributed by atoms with Crippen LogP contribution in [-0.2, 0) is 16.0 Å². The Kier molecular flexibility index (Phi) is 10.4. The van der Waals surface area contributed by atoms with E-state index in [1.165, 1.54) is 0 Å². The van der Waals surface area contributed by atoms with Crippen LogP contribution in [0.2, 0.25) is 10.0 Å². The van der Waals surface area contributed by atoms with E-state index >= 15 is 0 Å². The summed E-state index contributed by atoms with van der Waals surface area (Å²) in [6.45, 7) is 10.3. The standard InChI is InChI=1S/C32H36Cl2N2O4/c1-20(2)18-36(31(39)32(3,4)5)27-17-22(12-15-28(27)40-6)23(19-37)16-21-10-13-24(14-11-21)35-30(38)29-25(33)8-7-9-26(29)34/h7-15,17,19-20,23H,16,18H2,1-6H3,(H,35,38)/t23-/m1/s1. The van der Waals surface area contributed by atoms with E-state index in [1.54, 1.807) is 42.3 Å². The second-order valence-corrected chi connectivity index (χ2v) is 12.0. The highest BCUT2D eigenvalue weighted by Crippen LogP contribution is 2.35. The lowest BCUT2D eigenvalue weighted by Gasteiger charge is -2.32. The van der Waals surface area contributed by atoms with Crippen LogP contribution in [0.1, 0.15) is 62.0 Å². The van der Waals surface area contributed by atoms with Crippen LogP contribution in [0, 0.1) is 11.3 Å². The van der Waals surface area contributed by atoms with E-state index in [0.29, 0.717) is 30.1 Å². The molecule has 0 bridgehead atoms. The molecule has 212 valence electrons. The second-order valence-electron chi connectivity index (χ2n) is 11.2. The summed E-state index contributed by atoms with van der Waals surface area (Å²) in [6, 6.07) is 17.7. The molecule has 0 aliphatic heterocycles. The third-order valence-corrected chi connectivity index (χ3v) is 7.01. The Bertz CT molecular complexity index is 1340. The number of ether oxygens (including phenoxy) is 1. The largest absolute Gasteiger partial charge is 0.495 e. The highest BCUT2D eigenvalue weighted by atomic mass is 35.5. The van der Waals surface area contributed by atoms with Gasteiger partial charge >= 0.3 is 0 Å². The van der Waals surface area contributed by atoms with E-state index in [1.807, 2.05) is 51.1 Å². The number of benzene rings is 3. The van der Waals surface area contributed by atoms with Gasteiger partial charge in [0, 0.05) is 23.6 Å². The van der Waals surface area contributed by atoms with E-state index in [2.05, 4.69) is 19.2 Å². The minimum atomic E-state index is -0.589. The highest BCUT2D eigenvalue weighted by molar-refractivity contribution is 6.40. The molecule has 0 aliphatic carbocycles. The molecule has 3 aromatic carbocycles. The number of nitrogens with one attached hydrogen (secondary N) is 1. The molecule has 1 N–H and O–H groups in total. The predicted octanol–water partition coefficient (Wildman–Crippen LogP) is 7.81. The quantitative estimate of drug-likeness (QED) is 0.247. The number of halogens is 2. The van der Waals surface area contributed by atoms with Gasteiger partial charge in [0.15, 0.2) is 0 Å². The Hall–Kier alpha value is -3.35. The molecule has 0 saturated carbocycles. The predicted molar refractivity (Wildman–Crippen MR) is 163 cm³/mol. The summed E-state index contributed by atoms with van der Waals surface area (Å²) in [5.41, 5.74) is 2.54. The van der Waals surface area contributed by atoms with Crippen molar-refractivity contribution in [2.24, 2.45) is 11.3 Å². The van der Waals surface area contributed by atoms with Crippen LogP contribution in [0.3, 0.4) is 0 Å². The minimum absolute atomic E-state index is 0.0185. The lowest BCUT2D eigenvalue weighted by molar-refractivity contribution is -0.125. The second kappa shape index (κ2) is 13.3. The third kappa shape index (κ3) is 7.64. The Morgan fingerprint density at radius 3 is 2.15 bits per heavy atom. The van der Waals surface area contributed by atoms with Crippen molar-refractivity contribution in [1.29, 1.82) is 0 Å². The number of hydrogen-bond donors (Lipinski definition) is 1. The lowest BCUT2D eigenvalue weighted by atomic mass is 9.91. The number of aldehydes is 1. The van der Waals surface area contributed by atoms with Crippen LogP contribution in [-0.4, -0.2) is 31.8 Å². The van der Waals surface area contributed by atoms with Crippen LogP contribution >= 0.6 is 23.2 Å². The van der Waals surface area contributed by atoms with Crippen LogP contribution in [0.5, 0.6) is 5.75 Å². The van der Waals surface area contributed by atoms with Crippen molar-refractivity contribution in [3.05, 3.63) is 87.4 Å². The maximum atomic E-state index is 13.4. The molecule has 2 amide bonds. The molecule has 3 aromatic rings. The molecule has 0 radical (unpaired) electrons. The van der Waals surface area contributed by atoms with Crippen LogP contribution in [0.15, 0.2) is 60.7 Å². The van der Waals surface area contributed by atoms with Gasteiger partial charge in [-0.25, -0.2) is 0 Å². The monoisotopic (exact) mass is 582 g/mol. The van der Waals surface area contributed by atoms with Gasteiger partial charge in [0.25, 0.3) is 5.91 Å². The Balaban J connectivity index is 1.84. The molecule has 0 spiro atoms. The molecule has 40 heavy (non-hydrogen) atoms. The summed E-state index contributed by atoms with van der Waals surface area (Å²) in [6.07, 6.45) is 1.36. The van der Waals surface area contributed by atoms with E-state index < -0.39 is 17.2 Å². The van der Waals surface area contributed by atoms with Gasteiger partial charge in [0.1, 0.15) is 12.0 Å². The van der Waals surface area contributed by atoms with Crippen molar-refractivity contribution in [2.75, 3.05) is 23.9 Å². The fourth-order valence-corrected chi connectivity index (χ4v) is 4.91. The first-order valence-corrected chi connectivity index (χ1v) is 13.9. The van der Waals surface area contributed by atoms with Gasteiger partial charge in [-0.3, -0.25) is 9.59 Å². The van der Waals surface area contributed by atoms with Gasteiger partial charge < -0.3 is 19.7 Å². The van der Waals surface area contributed by atoms with Crippen molar-refractivity contribution in [3.8, 4) is 5.75 Å². The van der Waals surface area contributed by atoms with Crippen LogP contribution < -0.4 is 15.0 Å². The van der Waals surface area contributed by atoms with Crippen molar-refractivity contribution < 1.29 is 19.1 Å². The first-order valence-electron chi connectivity index (χ1n) is 13.1. The van der Waals surface area contributed by atoms with Crippen LogP contribution in [0.4, 0.5) is 11.4 Å². The van der Waals surface area contributed by atoms with Crippen molar-refractivity contribution in [3.63, 3.8) is 0 Å². The molecule has 8 heteroatoms. The molecular weight excluding hydrogens is 547 g/mol. The summed E-state index contributed by atoms with van der Waals surface area (Å²) in [5.74, 6) is -0.0665. The SMILES string of the molecule is COc1ccc([C@@H](C=O)Cc2ccc(NC(=O)c3c(Cl)cccc3Cl)cc2)cc1N(CC(C)C)C(=O)C(C)(C)C. The first kappa shape index (κ1) is 31.2. The van der Waals surface area contributed by atoms with Crippen LogP contribution in [0.25, 0.3) is 0 Å². The molecular formula is C32H36Cl2N2O4. The molecule has 1 atom stereocenters. The maximum Gasteiger partial charge on any atom is 0.258 e. The molecule has 0 unspecified atom stereocenters. The normalized spacial score (nSPS) is 12.1. The number of anilines is 2. The molecule has 0 fully saturated rings. The van der Waals surface area contributed by atoms with Gasteiger partial charge in [0.2, 0.25) is 5.91 Å². The smallest absolute Gasteiger partial charge is 0.258 e. The number of methoxy groups -OCH3 is 1. The summed E-state index contributed by atoms with van der Waals surface area (Å²) in [4.78, 5) is 40.1. The molecule has 0 heterocycles. The van der Waals surface area contributed by atoms with E-state index in [9.17, 15) is 14.4 Å². The maximum absolute atomic E-state index is 13.4. The summed E-state index contributed by atoms with van der Waals surface area (Å²) in [5, 5.41) is 3.35. The summed E-state index contributed by atoms with van der Waals surface area (Å²) in [7, 11) is 1.57. The summed E-state index contributed by atoms with van der Waals surface area (Å²) < 4.78 is 5.62. The molecule has 6 nitrogen and oxygen atoms in total. The van der Waals surface area contributed by atoms with Gasteiger partial charge in [0.05, 0.1) is 28.4 Å². The van der Waals surface area contributed by atoms with E-state index in [-0.39, 0.29) is 27.4 Å². The number of carbonyl (C=O) groups is 3. The number of nitrogens with zero attached hydrogens (tertiary/aromatic N) is 1. The minimum Gasteiger partial charge on any atom is -0.495 e. The topological polar surface area (TPSA) is 75.7 Å². The molecule has 0 saturated heterocycles. The number of carbonyl (C=O) groups excluding carboxylic acids is 3. The van der Waals surface area contributed by atoms with Gasteiger partial charge in [-0.15, -0.1) is 0 Å². The van der Waals surface area contributed by atoms with Crippen molar-refractivity contribution in [1.82, 2.24) is 0 Å². The zero-order chi connectivity index (χ0) is 29.6. The van der Waals surface area contributed by atoms with Gasteiger partial charge in [-0.2, -0.15) is 0 Å². The highest BCUT2D eigenvalue weighted by Gasteiger charge is 2.31. The fraction of sp³-hybridized carbons (Fsp3) is 0.344. The van der Waals surface area contributed by atoms with Gasteiger partial charge in [-0.1, -0.05) is 82.1 Å². The first-order chi connectivity index (χ1) is 18.8. The average molecular weight is 584 g/mol. The molecule has 0 aliphatic rings. The van der Waals surface area contributed by atoms with Crippen molar-refractivity contribution in [2.45, 2.75) is 47.0 Å². The number of hydrogen-bond acceptors (Lipinski definition) is 4. The van der Waals surface area contributed by atoms with E-state index in [0.717, 1.165) is 17.4 Å². The van der Waals surface area contributed by atoms with Gasteiger partial charge in [-0.05, 0) is 59.9 Å². The Morgan fingerprint density at radius 1 is 1.00 bits per heavy atom. The number of amides is 2. The molecule has 3 rings (SSSR count). The molecule has 0 aromatic heterocycles. The Labute approximate surface area is 246 Å². The zero-order valence-corrected chi connectivity index (χ0v) is 25.3.